The summed E-state index contributed by atoms with van der Waals surface area (Å²) in [5, 5.41) is 3.77. The van der Waals surface area contributed by atoms with E-state index in [-0.39, 0.29) is 5.54 Å². The fourth-order valence-electron chi connectivity index (χ4n) is 3.65. The van der Waals surface area contributed by atoms with Crippen molar-refractivity contribution in [2.24, 2.45) is 17.3 Å². The summed E-state index contributed by atoms with van der Waals surface area (Å²) < 4.78 is 0. The maximum Gasteiger partial charge on any atom is 0.00967 e. The van der Waals surface area contributed by atoms with Gasteiger partial charge >= 0.3 is 0 Å². The van der Waals surface area contributed by atoms with E-state index < -0.39 is 0 Å². The van der Waals surface area contributed by atoms with Crippen molar-refractivity contribution in [3.05, 3.63) is 0 Å². The molecule has 1 nitrogen and oxygen atoms in total. The molecule has 100 valence electrons. The first-order valence-electron chi connectivity index (χ1n) is 7.69. The van der Waals surface area contributed by atoms with Gasteiger partial charge in [-0.15, -0.1) is 0 Å². The van der Waals surface area contributed by atoms with E-state index in [0.717, 1.165) is 11.8 Å². The first-order valence-corrected chi connectivity index (χ1v) is 7.69. The van der Waals surface area contributed by atoms with Gasteiger partial charge in [-0.25, -0.2) is 0 Å². The Labute approximate surface area is 108 Å². The van der Waals surface area contributed by atoms with E-state index in [1.54, 1.807) is 6.42 Å². The van der Waals surface area contributed by atoms with Crippen molar-refractivity contribution >= 4 is 0 Å². The van der Waals surface area contributed by atoms with Crippen LogP contribution in [0.1, 0.15) is 72.6 Å². The molecule has 2 aliphatic carbocycles. The predicted octanol–water partition coefficient (Wildman–Crippen LogP) is 4.37. The lowest BCUT2D eigenvalue weighted by molar-refractivity contribution is 0.201. The smallest absolute Gasteiger partial charge is 0.00967 e. The van der Waals surface area contributed by atoms with Gasteiger partial charge in [0.25, 0.3) is 0 Å². The van der Waals surface area contributed by atoms with Crippen molar-refractivity contribution in [2.45, 2.75) is 78.2 Å². The minimum absolute atomic E-state index is 0.282. The minimum atomic E-state index is 0.282. The van der Waals surface area contributed by atoms with E-state index >= 15 is 0 Å². The van der Waals surface area contributed by atoms with Crippen LogP contribution in [-0.2, 0) is 0 Å². The van der Waals surface area contributed by atoms with Gasteiger partial charge in [0.15, 0.2) is 0 Å². The molecule has 17 heavy (non-hydrogen) atoms. The van der Waals surface area contributed by atoms with Crippen LogP contribution in [0.15, 0.2) is 0 Å². The Morgan fingerprint density at radius 1 is 1.12 bits per heavy atom. The summed E-state index contributed by atoms with van der Waals surface area (Å²) in [6, 6.07) is 0. The molecule has 2 fully saturated rings. The Morgan fingerprint density at radius 2 is 1.76 bits per heavy atom. The van der Waals surface area contributed by atoms with Gasteiger partial charge < -0.3 is 5.32 Å². The summed E-state index contributed by atoms with van der Waals surface area (Å²) in [6.45, 7) is 10.5. The quantitative estimate of drug-likeness (QED) is 0.676. The van der Waals surface area contributed by atoms with Gasteiger partial charge in [0.1, 0.15) is 0 Å². The molecule has 0 heterocycles. The number of hydrogen-bond acceptors (Lipinski definition) is 1. The second-order valence-corrected chi connectivity index (χ2v) is 7.72. The standard InChI is InChI=1S/C16H31N/c1-5-6-7-8-16(12-17-15(2,3)4)10-13-9-14(13)11-16/h13-14,17H,5-12H2,1-4H3. The summed E-state index contributed by atoms with van der Waals surface area (Å²) in [5.41, 5.74) is 0.945. The number of nitrogens with one attached hydrogen (secondary N) is 1. The van der Waals surface area contributed by atoms with Crippen LogP contribution in [0.25, 0.3) is 0 Å². The molecule has 2 aliphatic rings. The first kappa shape index (κ1) is 13.4. The molecular formula is C16H31N. The normalized spacial score (nSPS) is 36.0. The van der Waals surface area contributed by atoms with Crippen molar-refractivity contribution in [2.75, 3.05) is 6.54 Å². The molecule has 2 rings (SSSR count). The molecule has 0 aliphatic heterocycles. The van der Waals surface area contributed by atoms with Crippen molar-refractivity contribution in [1.82, 2.24) is 5.32 Å². The van der Waals surface area contributed by atoms with E-state index in [2.05, 4.69) is 33.0 Å². The molecule has 0 bridgehead atoms. The first-order chi connectivity index (χ1) is 7.94. The molecule has 0 amide bonds. The van der Waals surface area contributed by atoms with Crippen LogP contribution in [0.3, 0.4) is 0 Å². The molecule has 0 spiro atoms. The zero-order valence-electron chi connectivity index (χ0n) is 12.3. The molecule has 0 saturated heterocycles. The zero-order chi connectivity index (χ0) is 12.5. The molecule has 1 N–H and O–H groups in total. The Morgan fingerprint density at radius 3 is 2.29 bits per heavy atom. The fourth-order valence-corrected chi connectivity index (χ4v) is 3.65. The van der Waals surface area contributed by atoms with Crippen LogP contribution in [0, 0.1) is 17.3 Å². The Hall–Kier alpha value is -0.0400. The third-order valence-electron chi connectivity index (χ3n) is 4.76. The van der Waals surface area contributed by atoms with Crippen LogP contribution in [0.5, 0.6) is 0 Å². The van der Waals surface area contributed by atoms with E-state index in [0.29, 0.717) is 5.41 Å². The summed E-state index contributed by atoms with van der Waals surface area (Å²) >= 11 is 0. The Bertz CT molecular complexity index is 241. The van der Waals surface area contributed by atoms with Gasteiger partial charge in [-0.3, -0.25) is 0 Å². The van der Waals surface area contributed by atoms with E-state index in [1.807, 2.05) is 0 Å². The molecule has 2 atom stereocenters. The lowest BCUT2D eigenvalue weighted by Gasteiger charge is -2.35. The largest absolute Gasteiger partial charge is 0.312 e. The van der Waals surface area contributed by atoms with Gasteiger partial charge in [-0.1, -0.05) is 26.2 Å². The highest BCUT2D eigenvalue weighted by Gasteiger charge is 2.53. The minimum Gasteiger partial charge on any atom is -0.312 e. The van der Waals surface area contributed by atoms with Crippen LogP contribution in [0.4, 0.5) is 0 Å². The third kappa shape index (κ3) is 3.71. The molecule has 0 radical (unpaired) electrons. The molecular weight excluding hydrogens is 206 g/mol. The Balaban J connectivity index is 1.84. The SMILES string of the molecule is CCCCCC1(CNC(C)(C)C)CC2CC2C1. The number of rotatable bonds is 6. The van der Waals surface area contributed by atoms with Gasteiger partial charge in [0, 0.05) is 12.1 Å². The van der Waals surface area contributed by atoms with E-state index in [4.69, 9.17) is 0 Å². The fraction of sp³-hybridized carbons (Fsp3) is 1.00. The van der Waals surface area contributed by atoms with Gasteiger partial charge in [0.05, 0.1) is 0 Å². The molecule has 2 saturated carbocycles. The molecule has 0 aromatic carbocycles. The van der Waals surface area contributed by atoms with Crippen molar-refractivity contribution in [3.8, 4) is 0 Å². The molecule has 0 aromatic rings. The average molecular weight is 237 g/mol. The van der Waals surface area contributed by atoms with Crippen LogP contribution in [0.2, 0.25) is 0 Å². The number of unbranched alkanes of at least 4 members (excludes halogenated alkanes) is 2. The highest BCUT2D eigenvalue weighted by atomic mass is 15.0. The summed E-state index contributed by atoms with van der Waals surface area (Å²) in [6.07, 6.45) is 10.3. The van der Waals surface area contributed by atoms with E-state index in [9.17, 15) is 0 Å². The monoisotopic (exact) mass is 237 g/mol. The maximum absolute atomic E-state index is 3.77. The number of hydrogen-bond donors (Lipinski definition) is 1. The third-order valence-corrected chi connectivity index (χ3v) is 4.76. The summed E-state index contributed by atoms with van der Waals surface area (Å²) in [5.74, 6) is 2.22. The Kier molecular flexibility index (Phi) is 3.87. The molecule has 2 unspecified atom stereocenters. The highest BCUT2D eigenvalue weighted by Crippen LogP contribution is 2.61. The summed E-state index contributed by atoms with van der Waals surface area (Å²) in [4.78, 5) is 0. The molecule has 0 aromatic heterocycles. The predicted molar refractivity (Wildman–Crippen MR) is 75.2 cm³/mol. The summed E-state index contributed by atoms with van der Waals surface area (Å²) in [7, 11) is 0. The molecule has 1 heteroatoms. The van der Waals surface area contributed by atoms with Crippen LogP contribution in [-0.4, -0.2) is 12.1 Å². The topological polar surface area (TPSA) is 12.0 Å². The van der Waals surface area contributed by atoms with Gasteiger partial charge in [-0.05, 0) is 63.7 Å². The highest BCUT2D eigenvalue weighted by molar-refractivity contribution is 5.04. The van der Waals surface area contributed by atoms with Crippen molar-refractivity contribution in [1.29, 1.82) is 0 Å². The lowest BCUT2D eigenvalue weighted by atomic mass is 9.77. The number of fused-ring (bicyclic) bond motifs is 1. The zero-order valence-corrected chi connectivity index (χ0v) is 12.3. The van der Waals surface area contributed by atoms with E-state index in [1.165, 1.54) is 45.1 Å². The lowest BCUT2D eigenvalue weighted by Crippen LogP contribution is -2.43. The van der Waals surface area contributed by atoms with Crippen molar-refractivity contribution in [3.63, 3.8) is 0 Å². The van der Waals surface area contributed by atoms with Crippen LogP contribution < -0.4 is 5.32 Å². The average Bonchev–Trinajstić information content (AvgIpc) is 2.84. The second kappa shape index (κ2) is 4.91. The second-order valence-electron chi connectivity index (χ2n) is 7.72. The van der Waals surface area contributed by atoms with Gasteiger partial charge in [-0.2, -0.15) is 0 Å². The maximum atomic E-state index is 3.77. The van der Waals surface area contributed by atoms with Crippen LogP contribution >= 0.6 is 0 Å². The van der Waals surface area contributed by atoms with Crippen molar-refractivity contribution < 1.29 is 0 Å². The van der Waals surface area contributed by atoms with Gasteiger partial charge in [0.2, 0.25) is 0 Å².